The predicted molar refractivity (Wildman–Crippen MR) is 94.4 cm³/mol. The average molecular weight is 346 g/mol. The molecule has 0 bridgehead atoms. The van der Waals surface area contributed by atoms with Crippen molar-refractivity contribution >= 4 is 23.5 Å². The molecule has 5 heteroatoms. The second-order valence-electron chi connectivity index (χ2n) is 5.34. The van der Waals surface area contributed by atoms with E-state index < -0.39 is 6.09 Å². The molecule has 0 aromatic heterocycles. The Balaban J connectivity index is 2.10. The number of unbranched alkanes of at least 4 members (excludes halogenated alkanes) is 1. The smallest absolute Gasteiger partial charge is 0.407 e. The van der Waals surface area contributed by atoms with E-state index in [1.54, 1.807) is 42.5 Å². The van der Waals surface area contributed by atoms with E-state index >= 15 is 0 Å². The molecule has 2 rings (SSSR count). The minimum absolute atomic E-state index is 0.130. The summed E-state index contributed by atoms with van der Waals surface area (Å²) in [5, 5.41) is 3.14. The number of hydrogen-bond donors (Lipinski definition) is 1. The van der Waals surface area contributed by atoms with Gasteiger partial charge in [0, 0.05) is 22.7 Å². The van der Waals surface area contributed by atoms with Crippen molar-refractivity contribution in [3.63, 3.8) is 0 Å². The molecule has 0 unspecified atom stereocenters. The summed E-state index contributed by atoms with van der Waals surface area (Å²) in [6.45, 7) is 2.62. The lowest BCUT2D eigenvalue weighted by atomic mass is 9.98. The summed E-state index contributed by atoms with van der Waals surface area (Å²) < 4.78 is 5.05. The second kappa shape index (κ2) is 9.08. The molecular formula is C19H20ClNO3. The Labute approximate surface area is 146 Å². The first-order chi connectivity index (χ1) is 11.6. The molecule has 0 aliphatic rings. The number of ether oxygens (including phenoxy) is 1. The van der Waals surface area contributed by atoms with Crippen molar-refractivity contribution in [2.24, 2.45) is 0 Å². The van der Waals surface area contributed by atoms with Gasteiger partial charge < -0.3 is 10.1 Å². The van der Waals surface area contributed by atoms with Gasteiger partial charge in [0.05, 0.1) is 6.61 Å². The summed E-state index contributed by atoms with van der Waals surface area (Å²) in [7, 11) is 0. The van der Waals surface area contributed by atoms with E-state index in [2.05, 4.69) is 5.32 Å². The van der Waals surface area contributed by atoms with Crippen molar-refractivity contribution in [3.05, 3.63) is 70.2 Å². The van der Waals surface area contributed by atoms with Gasteiger partial charge in [0.1, 0.15) is 0 Å². The Bertz CT molecular complexity index is 701. The van der Waals surface area contributed by atoms with Crippen LogP contribution in [0.1, 0.15) is 41.3 Å². The molecule has 0 saturated carbocycles. The van der Waals surface area contributed by atoms with Gasteiger partial charge in [-0.1, -0.05) is 61.3 Å². The molecule has 0 fully saturated rings. The molecule has 24 heavy (non-hydrogen) atoms. The third-order valence-electron chi connectivity index (χ3n) is 3.51. The van der Waals surface area contributed by atoms with Gasteiger partial charge in [0.15, 0.2) is 5.78 Å². The molecule has 0 saturated heterocycles. The molecule has 0 spiro atoms. The maximum Gasteiger partial charge on any atom is 0.407 e. The highest BCUT2D eigenvalue weighted by molar-refractivity contribution is 6.31. The summed E-state index contributed by atoms with van der Waals surface area (Å²) in [5.74, 6) is -0.130. The quantitative estimate of drug-likeness (QED) is 0.589. The Morgan fingerprint density at radius 3 is 2.58 bits per heavy atom. The zero-order valence-corrected chi connectivity index (χ0v) is 14.3. The van der Waals surface area contributed by atoms with Gasteiger partial charge in [-0.3, -0.25) is 4.79 Å². The molecule has 0 atom stereocenters. The third-order valence-corrected chi connectivity index (χ3v) is 3.74. The van der Waals surface area contributed by atoms with Crippen LogP contribution in [-0.4, -0.2) is 18.5 Å². The van der Waals surface area contributed by atoms with Gasteiger partial charge in [-0.2, -0.15) is 0 Å². The van der Waals surface area contributed by atoms with E-state index in [-0.39, 0.29) is 12.3 Å². The number of rotatable bonds is 7. The Morgan fingerprint density at radius 2 is 1.88 bits per heavy atom. The van der Waals surface area contributed by atoms with Crippen LogP contribution in [0.3, 0.4) is 0 Å². The lowest BCUT2D eigenvalue weighted by molar-refractivity contribution is 0.103. The lowest BCUT2D eigenvalue weighted by Gasteiger charge is -2.11. The van der Waals surface area contributed by atoms with Crippen LogP contribution in [0, 0.1) is 0 Å². The molecule has 1 N–H and O–H groups in total. The molecule has 0 aliphatic carbocycles. The highest BCUT2D eigenvalue weighted by Crippen LogP contribution is 2.20. The van der Waals surface area contributed by atoms with Crippen LogP contribution < -0.4 is 5.32 Å². The van der Waals surface area contributed by atoms with Crippen LogP contribution in [0.25, 0.3) is 0 Å². The van der Waals surface area contributed by atoms with Crippen LogP contribution in [0.5, 0.6) is 0 Å². The number of carbonyl (C=O) groups excluding carboxylic acids is 2. The van der Waals surface area contributed by atoms with Gasteiger partial charge in [-0.15, -0.1) is 0 Å². The minimum atomic E-state index is -0.489. The molecule has 2 aromatic rings. The van der Waals surface area contributed by atoms with Crippen LogP contribution >= 0.6 is 11.6 Å². The second-order valence-corrected chi connectivity index (χ2v) is 5.78. The third kappa shape index (κ3) is 5.10. The van der Waals surface area contributed by atoms with Crippen molar-refractivity contribution in [3.8, 4) is 0 Å². The molecule has 4 nitrogen and oxygen atoms in total. The maximum atomic E-state index is 12.7. The summed E-state index contributed by atoms with van der Waals surface area (Å²) in [4.78, 5) is 24.3. The molecule has 0 radical (unpaired) electrons. The van der Waals surface area contributed by atoms with Crippen LogP contribution in [0.2, 0.25) is 5.02 Å². The van der Waals surface area contributed by atoms with Gasteiger partial charge in [-0.05, 0) is 24.1 Å². The number of amides is 1. The van der Waals surface area contributed by atoms with E-state index in [1.807, 2.05) is 13.0 Å². The first kappa shape index (κ1) is 18.0. The number of alkyl carbamates (subject to hydrolysis) is 1. The first-order valence-electron chi connectivity index (χ1n) is 7.90. The predicted octanol–water partition coefficient (Wildman–Crippen LogP) is 4.60. The topological polar surface area (TPSA) is 55.4 Å². The van der Waals surface area contributed by atoms with E-state index in [0.717, 1.165) is 12.8 Å². The first-order valence-corrected chi connectivity index (χ1v) is 8.28. The monoisotopic (exact) mass is 345 g/mol. The standard InChI is InChI=1S/C19H20ClNO3/c1-2-3-11-24-19(23)21-13-15-9-10-16(20)12-17(15)18(22)14-7-5-4-6-8-14/h4-10,12H,2-3,11,13H2,1H3,(H,21,23). The zero-order valence-electron chi connectivity index (χ0n) is 13.5. The van der Waals surface area contributed by atoms with Crippen LogP contribution in [-0.2, 0) is 11.3 Å². The van der Waals surface area contributed by atoms with E-state index in [4.69, 9.17) is 16.3 Å². The van der Waals surface area contributed by atoms with Gasteiger partial charge >= 0.3 is 6.09 Å². The number of halogens is 1. The minimum Gasteiger partial charge on any atom is -0.450 e. The fourth-order valence-corrected chi connectivity index (χ4v) is 2.36. The normalized spacial score (nSPS) is 10.2. The fraction of sp³-hybridized carbons (Fsp3) is 0.263. The highest BCUT2D eigenvalue weighted by atomic mass is 35.5. The Hall–Kier alpha value is -2.33. The van der Waals surface area contributed by atoms with Crippen molar-refractivity contribution in [1.82, 2.24) is 5.32 Å². The van der Waals surface area contributed by atoms with Gasteiger partial charge in [0.25, 0.3) is 0 Å². The van der Waals surface area contributed by atoms with Crippen molar-refractivity contribution in [1.29, 1.82) is 0 Å². The largest absolute Gasteiger partial charge is 0.450 e. The number of carbonyl (C=O) groups is 2. The summed E-state index contributed by atoms with van der Waals surface area (Å²) in [6.07, 6.45) is 1.29. The average Bonchev–Trinajstić information content (AvgIpc) is 2.61. The summed E-state index contributed by atoms with van der Waals surface area (Å²) >= 11 is 6.03. The number of benzene rings is 2. The van der Waals surface area contributed by atoms with Crippen molar-refractivity contribution < 1.29 is 14.3 Å². The SMILES string of the molecule is CCCCOC(=O)NCc1ccc(Cl)cc1C(=O)c1ccccc1. The van der Waals surface area contributed by atoms with Gasteiger partial charge in [-0.25, -0.2) is 4.79 Å². The summed E-state index contributed by atoms with van der Waals surface area (Å²) in [5.41, 5.74) is 1.75. The van der Waals surface area contributed by atoms with Crippen molar-refractivity contribution in [2.45, 2.75) is 26.3 Å². The molecule has 1 amide bonds. The van der Waals surface area contributed by atoms with Gasteiger partial charge in [0.2, 0.25) is 0 Å². The molecule has 126 valence electrons. The molecular weight excluding hydrogens is 326 g/mol. The molecule has 2 aromatic carbocycles. The molecule has 0 heterocycles. The zero-order chi connectivity index (χ0) is 17.4. The highest BCUT2D eigenvalue weighted by Gasteiger charge is 2.15. The Morgan fingerprint density at radius 1 is 1.12 bits per heavy atom. The summed E-state index contributed by atoms with van der Waals surface area (Å²) in [6, 6.07) is 14.0. The van der Waals surface area contributed by atoms with Crippen LogP contribution in [0.4, 0.5) is 4.79 Å². The fourth-order valence-electron chi connectivity index (χ4n) is 2.19. The van der Waals surface area contributed by atoms with Crippen LogP contribution in [0.15, 0.2) is 48.5 Å². The number of ketones is 1. The number of hydrogen-bond acceptors (Lipinski definition) is 3. The Kier molecular flexibility index (Phi) is 6.82. The lowest BCUT2D eigenvalue weighted by Crippen LogP contribution is -2.25. The van der Waals surface area contributed by atoms with E-state index in [9.17, 15) is 9.59 Å². The van der Waals surface area contributed by atoms with Crippen molar-refractivity contribution in [2.75, 3.05) is 6.61 Å². The number of nitrogens with one attached hydrogen (secondary N) is 1. The maximum absolute atomic E-state index is 12.7. The van der Waals surface area contributed by atoms with E-state index in [1.165, 1.54) is 0 Å². The van der Waals surface area contributed by atoms with E-state index in [0.29, 0.717) is 28.3 Å². The molecule has 0 aliphatic heterocycles.